The second-order valence-corrected chi connectivity index (χ2v) is 14.3. The lowest BCUT2D eigenvalue weighted by atomic mass is 9.95. The van der Waals surface area contributed by atoms with Gasteiger partial charge in [-0.15, -0.1) is 5.10 Å². The topological polar surface area (TPSA) is 106 Å². The number of amides is 1. The molecule has 1 saturated heterocycles. The van der Waals surface area contributed by atoms with E-state index in [-0.39, 0.29) is 16.0 Å². The number of rotatable bonds is 11. The molecule has 3 fully saturated rings. The van der Waals surface area contributed by atoms with Crippen LogP contribution in [0.5, 0.6) is 5.88 Å². The molecule has 41 heavy (non-hydrogen) atoms. The van der Waals surface area contributed by atoms with Gasteiger partial charge in [-0.2, -0.15) is 0 Å². The van der Waals surface area contributed by atoms with Gasteiger partial charge in [0.05, 0.1) is 17.1 Å². The SMILES string of the molecule is C[C@@H]1CN(c2nc(-n3ccc(OCCC(C4CC4)C4CC4)n3)ccc2C(=O)NS(=O)(=O)c2ccccc2)C(C)(C)C1. The lowest BCUT2D eigenvalue weighted by molar-refractivity contribution is 0.0981. The third-order valence-electron chi connectivity index (χ3n) is 8.67. The number of hydrogen-bond donors (Lipinski definition) is 1. The third-order valence-corrected chi connectivity index (χ3v) is 10.0. The van der Waals surface area contributed by atoms with Gasteiger partial charge < -0.3 is 9.64 Å². The zero-order chi connectivity index (χ0) is 28.8. The van der Waals surface area contributed by atoms with E-state index in [9.17, 15) is 13.2 Å². The highest BCUT2D eigenvalue weighted by molar-refractivity contribution is 7.90. The van der Waals surface area contributed by atoms with Crippen LogP contribution in [0.25, 0.3) is 5.82 Å². The molecule has 218 valence electrons. The van der Waals surface area contributed by atoms with Crippen molar-refractivity contribution in [3.05, 3.63) is 60.3 Å². The number of nitrogens with zero attached hydrogens (tertiary/aromatic N) is 4. The molecule has 0 radical (unpaired) electrons. The van der Waals surface area contributed by atoms with Gasteiger partial charge in [0.1, 0.15) is 5.82 Å². The summed E-state index contributed by atoms with van der Waals surface area (Å²) in [5.41, 5.74) is -0.0681. The van der Waals surface area contributed by atoms with E-state index >= 15 is 0 Å². The first-order valence-corrected chi connectivity index (χ1v) is 16.2. The van der Waals surface area contributed by atoms with Gasteiger partial charge in [0, 0.05) is 24.3 Å². The Labute approximate surface area is 242 Å². The summed E-state index contributed by atoms with van der Waals surface area (Å²) in [5, 5.41) is 4.61. The number of aromatic nitrogens is 3. The van der Waals surface area contributed by atoms with Crippen LogP contribution in [0.4, 0.5) is 5.82 Å². The third kappa shape index (κ3) is 6.12. The van der Waals surface area contributed by atoms with Crippen molar-refractivity contribution in [2.45, 2.75) is 69.7 Å². The lowest BCUT2D eigenvalue weighted by Crippen LogP contribution is -2.41. The van der Waals surface area contributed by atoms with Gasteiger partial charge in [-0.25, -0.2) is 22.8 Å². The number of anilines is 1. The quantitative estimate of drug-likeness (QED) is 0.333. The first kappa shape index (κ1) is 27.8. The van der Waals surface area contributed by atoms with Crippen molar-refractivity contribution in [3.63, 3.8) is 0 Å². The number of hydrogen-bond acceptors (Lipinski definition) is 7. The van der Waals surface area contributed by atoms with Crippen LogP contribution < -0.4 is 14.4 Å². The van der Waals surface area contributed by atoms with E-state index in [1.54, 1.807) is 41.2 Å². The van der Waals surface area contributed by atoms with E-state index in [4.69, 9.17) is 9.72 Å². The molecule has 2 saturated carbocycles. The first-order valence-electron chi connectivity index (χ1n) is 14.7. The molecule has 2 aliphatic carbocycles. The Morgan fingerprint density at radius 1 is 1.07 bits per heavy atom. The summed E-state index contributed by atoms with van der Waals surface area (Å²) in [7, 11) is -4.04. The minimum Gasteiger partial charge on any atom is -0.477 e. The van der Waals surface area contributed by atoms with Crippen molar-refractivity contribution in [3.8, 4) is 11.7 Å². The molecule has 3 aliphatic rings. The Morgan fingerprint density at radius 3 is 2.41 bits per heavy atom. The Balaban J connectivity index is 1.24. The Bertz CT molecular complexity index is 1500. The predicted molar refractivity (Wildman–Crippen MR) is 157 cm³/mol. The van der Waals surface area contributed by atoms with Crippen LogP contribution in [-0.2, 0) is 10.0 Å². The molecule has 1 aromatic carbocycles. The molecule has 1 aliphatic heterocycles. The zero-order valence-corrected chi connectivity index (χ0v) is 24.8. The maximum atomic E-state index is 13.4. The summed E-state index contributed by atoms with van der Waals surface area (Å²) in [6.07, 6.45) is 9.25. The largest absolute Gasteiger partial charge is 0.477 e. The van der Waals surface area contributed by atoms with E-state index in [0.717, 1.165) is 30.6 Å². The fourth-order valence-electron chi connectivity index (χ4n) is 6.46. The van der Waals surface area contributed by atoms with Gasteiger partial charge >= 0.3 is 0 Å². The highest BCUT2D eigenvalue weighted by Gasteiger charge is 2.41. The predicted octanol–water partition coefficient (Wildman–Crippen LogP) is 5.22. The van der Waals surface area contributed by atoms with E-state index in [0.29, 0.717) is 36.6 Å². The molecule has 3 aromatic rings. The fraction of sp³-hybridized carbons (Fsp3) is 0.516. The maximum Gasteiger partial charge on any atom is 0.268 e. The Kier molecular flexibility index (Phi) is 7.30. The molecule has 0 unspecified atom stereocenters. The van der Waals surface area contributed by atoms with Crippen LogP contribution in [0.2, 0.25) is 0 Å². The summed E-state index contributed by atoms with van der Waals surface area (Å²) >= 11 is 0. The smallest absolute Gasteiger partial charge is 0.268 e. The van der Waals surface area contributed by atoms with E-state index in [1.807, 2.05) is 6.07 Å². The highest BCUT2D eigenvalue weighted by atomic mass is 32.2. The lowest BCUT2D eigenvalue weighted by Gasteiger charge is -2.34. The van der Waals surface area contributed by atoms with Gasteiger partial charge in [0.25, 0.3) is 15.9 Å². The molecule has 9 nitrogen and oxygen atoms in total. The molecule has 1 atom stereocenters. The van der Waals surface area contributed by atoms with Crippen molar-refractivity contribution in [2.75, 3.05) is 18.1 Å². The molecule has 1 amide bonds. The van der Waals surface area contributed by atoms with Crippen LogP contribution in [0.15, 0.2) is 59.6 Å². The number of sulfonamides is 1. The minimum absolute atomic E-state index is 0.0271. The van der Waals surface area contributed by atoms with Gasteiger partial charge in [0.2, 0.25) is 5.88 Å². The van der Waals surface area contributed by atoms with Crippen LogP contribution in [0, 0.1) is 23.7 Å². The van der Waals surface area contributed by atoms with Crippen LogP contribution in [0.3, 0.4) is 0 Å². The van der Waals surface area contributed by atoms with Gasteiger partial charge in [-0.1, -0.05) is 25.1 Å². The fourth-order valence-corrected chi connectivity index (χ4v) is 7.45. The molecular formula is C31H39N5O4S. The Morgan fingerprint density at radius 2 is 1.78 bits per heavy atom. The number of benzene rings is 1. The molecule has 0 bridgehead atoms. The van der Waals surface area contributed by atoms with Crippen LogP contribution in [-0.4, -0.2) is 47.8 Å². The van der Waals surface area contributed by atoms with Crippen molar-refractivity contribution in [2.24, 2.45) is 23.7 Å². The number of carbonyl (C=O) groups excluding carboxylic acids is 1. The average Bonchev–Trinajstić information content (AvgIpc) is 3.88. The molecule has 1 N–H and O–H groups in total. The number of ether oxygens (including phenoxy) is 1. The van der Waals surface area contributed by atoms with E-state index < -0.39 is 15.9 Å². The zero-order valence-electron chi connectivity index (χ0n) is 24.0. The summed E-state index contributed by atoms with van der Waals surface area (Å²) in [6.45, 7) is 7.75. The van der Waals surface area contributed by atoms with Crippen molar-refractivity contribution in [1.82, 2.24) is 19.5 Å². The van der Waals surface area contributed by atoms with Crippen molar-refractivity contribution in [1.29, 1.82) is 0 Å². The van der Waals surface area contributed by atoms with Crippen molar-refractivity contribution >= 4 is 21.7 Å². The monoisotopic (exact) mass is 577 g/mol. The summed E-state index contributed by atoms with van der Waals surface area (Å²) < 4.78 is 35.8. The number of nitrogens with one attached hydrogen (secondary N) is 1. The molecule has 3 heterocycles. The standard InChI is InChI=1S/C31H39N5O4S/c1-21-19-31(2,3)35(20-21)29-26(30(37)34-41(38,39)24-7-5-4-6-8-24)13-14-27(32-29)36-17-15-28(33-36)40-18-16-25(22-9-10-22)23-11-12-23/h4-8,13-15,17,21-23,25H,9-12,16,18-20H2,1-3H3,(H,34,37)/t21-/m0/s1. The molecule has 10 heteroatoms. The van der Waals surface area contributed by atoms with Crippen LogP contribution >= 0.6 is 0 Å². The second-order valence-electron chi connectivity index (χ2n) is 12.6. The Hall–Kier alpha value is -3.40. The molecular weight excluding hydrogens is 538 g/mol. The summed E-state index contributed by atoms with van der Waals surface area (Å²) in [6, 6.07) is 13.0. The normalized spacial score (nSPS) is 20.4. The first-order chi connectivity index (χ1) is 19.6. The molecule has 0 spiro atoms. The second kappa shape index (κ2) is 10.8. The maximum absolute atomic E-state index is 13.4. The van der Waals surface area contributed by atoms with E-state index in [2.05, 4.69) is 35.5 Å². The van der Waals surface area contributed by atoms with E-state index in [1.165, 1.54) is 37.8 Å². The summed E-state index contributed by atoms with van der Waals surface area (Å²) in [5.74, 6) is 3.75. The number of carbonyl (C=O) groups is 1. The van der Waals surface area contributed by atoms with Gasteiger partial charge in [-0.05, 0) is 100 Å². The highest BCUT2D eigenvalue weighted by Crippen LogP contribution is 2.50. The molecule has 6 rings (SSSR count). The summed E-state index contributed by atoms with van der Waals surface area (Å²) in [4.78, 5) is 20.4. The van der Waals surface area contributed by atoms with Gasteiger partial charge in [0.15, 0.2) is 5.82 Å². The minimum atomic E-state index is -4.04. The number of pyridine rings is 1. The van der Waals surface area contributed by atoms with Crippen molar-refractivity contribution < 1.29 is 17.9 Å². The van der Waals surface area contributed by atoms with Gasteiger partial charge in [-0.3, -0.25) is 4.79 Å². The van der Waals surface area contributed by atoms with Crippen LogP contribution in [0.1, 0.15) is 69.7 Å². The average molecular weight is 578 g/mol. The molecule has 2 aromatic heterocycles.